The van der Waals surface area contributed by atoms with E-state index in [2.05, 4.69) is 32.5 Å². The molecule has 0 saturated heterocycles. The monoisotopic (exact) mass is 303 g/mol. The normalized spacial score (nSPS) is 11.8. The first kappa shape index (κ1) is 16.3. The lowest BCUT2D eigenvalue weighted by Crippen LogP contribution is -2.38. The Balaban J connectivity index is 1.81. The van der Waals surface area contributed by atoms with Crippen molar-refractivity contribution in [1.82, 2.24) is 20.6 Å². The Kier molecular flexibility index (Phi) is 6.70. The van der Waals surface area contributed by atoms with Gasteiger partial charge < -0.3 is 20.4 Å². The number of rotatable bonds is 8. The molecule has 1 aromatic carbocycles. The summed E-state index contributed by atoms with van der Waals surface area (Å²) in [5, 5.41) is 6.54. The molecule has 0 radical (unpaired) electrons. The minimum absolute atomic E-state index is 0.649. The van der Waals surface area contributed by atoms with E-state index in [0.717, 1.165) is 48.9 Å². The van der Waals surface area contributed by atoms with Gasteiger partial charge in [0.15, 0.2) is 5.96 Å². The van der Waals surface area contributed by atoms with E-state index < -0.39 is 0 Å². The third-order valence-electron chi connectivity index (χ3n) is 3.15. The number of guanidine groups is 1. The van der Waals surface area contributed by atoms with Gasteiger partial charge in [0, 0.05) is 26.1 Å². The molecular weight excluding hydrogens is 278 g/mol. The number of aromatic nitrogens is 2. The summed E-state index contributed by atoms with van der Waals surface area (Å²) in [6.45, 7) is 7.70. The van der Waals surface area contributed by atoms with Crippen LogP contribution in [-0.2, 0) is 11.2 Å². The van der Waals surface area contributed by atoms with Gasteiger partial charge in [0.1, 0.15) is 5.82 Å². The minimum atomic E-state index is 0.649. The number of nitrogens with one attached hydrogen (secondary N) is 3. The molecule has 2 aromatic rings. The van der Waals surface area contributed by atoms with Gasteiger partial charge in [0.05, 0.1) is 24.2 Å². The van der Waals surface area contributed by atoms with Crippen LogP contribution in [0, 0.1) is 0 Å². The van der Waals surface area contributed by atoms with E-state index in [4.69, 9.17) is 4.74 Å². The summed E-state index contributed by atoms with van der Waals surface area (Å²) in [4.78, 5) is 12.4. The van der Waals surface area contributed by atoms with Crippen molar-refractivity contribution in [3.05, 3.63) is 30.1 Å². The number of imidazole rings is 1. The van der Waals surface area contributed by atoms with Gasteiger partial charge in [0.25, 0.3) is 0 Å². The molecule has 6 heteroatoms. The van der Waals surface area contributed by atoms with Gasteiger partial charge in [-0.2, -0.15) is 0 Å². The van der Waals surface area contributed by atoms with E-state index in [1.54, 1.807) is 0 Å². The maximum absolute atomic E-state index is 5.29. The molecule has 2 rings (SSSR count). The molecular formula is C16H25N5O. The summed E-state index contributed by atoms with van der Waals surface area (Å²) in [5.41, 5.74) is 2.09. The van der Waals surface area contributed by atoms with Gasteiger partial charge in [0.2, 0.25) is 0 Å². The lowest BCUT2D eigenvalue weighted by molar-refractivity contribution is 0.155. The molecule has 1 aromatic heterocycles. The van der Waals surface area contributed by atoms with Crippen LogP contribution < -0.4 is 10.6 Å². The van der Waals surface area contributed by atoms with Gasteiger partial charge in [-0.1, -0.05) is 12.1 Å². The molecule has 0 amide bonds. The van der Waals surface area contributed by atoms with Crippen molar-refractivity contribution < 1.29 is 4.74 Å². The van der Waals surface area contributed by atoms with E-state index in [9.17, 15) is 0 Å². The van der Waals surface area contributed by atoms with Crippen LogP contribution in [0.4, 0.5) is 0 Å². The Morgan fingerprint density at radius 2 is 2.14 bits per heavy atom. The van der Waals surface area contributed by atoms with E-state index in [1.165, 1.54) is 0 Å². The van der Waals surface area contributed by atoms with E-state index in [-0.39, 0.29) is 0 Å². The summed E-state index contributed by atoms with van der Waals surface area (Å²) in [6.07, 6.45) is 0.824. The highest BCUT2D eigenvalue weighted by Crippen LogP contribution is 2.10. The van der Waals surface area contributed by atoms with Crippen molar-refractivity contribution in [2.45, 2.75) is 20.3 Å². The lowest BCUT2D eigenvalue weighted by Gasteiger charge is -2.10. The molecule has 0 aliphatic carbocycles. The van der Waals surface area contributed by atoms with E-state index >= 15 is 0 Å². The number of para-hydroxylation sites is 2. The predicted molar refractivity (Wildman–Crippen MR) is 90.3 cm³/mol. The zero-order chi connectivity index (χ0) is 15.6. The number of ether oxygens (including phenoxy) is 1. The molecule has 0 saturated carbocycles. The molecule has 0 fully saturated rings. The topological polar surface area (TPSA) is 74.3 Å². The van der Waals surface area contributed by atoms with Crippen molar-refractivity contribution in [3.63, 3.8) is 0 Å². The molecule has 22 heavy (non-hydrogen) atoms. The van der Waals surface area contributed by atoms with Crippen LogP contribution >= 0.6 is 0 Å². The highest BCUT2D eigenvalue weighted by atomic mass is 16.5. The first-order chi connectivity index (χ1) is 10.8. The number of nitrogens with zero attached hydrogens (tertiary/aromatic N) is 2. The molecule has 120 valence electrons. The van der Waals surface area contributed by atoms with Gasteiger partial charge in [-0.05, 0) is 26.0 Å². The zero-order valence-corrected chi connectivity index (χ0v) is 13.4. The van der Waals surface area contributed by atoms with Gasteiger partial charge >= 0.3 is 0 Å². The third kappa shape index (κ3) is 5.04. The zero-order valence-electron chi connectivity index (χ0n) is 13.4. The molecule has 0 unspecified atom stereocenters. The molecule has 1 heterocycles. The molecule has 0 aliphatic rings. The number of H-pyrrole nitrogens is 1. The maximum Gasteiger partial charge on any atom is 0.191 e. The summed E-state index contributed by atoms with van der Waals surface area (Å²) >= 11 is 0. The largest absolute Gasteiger partial charge is 0.380 e. The second kappa shape index (κ2) is 9.04. The van der Waals surface area contributed by atoms with Crippen LogP contribution in [-0.4, -0.2) is 48.8 Å². The summed E-state index contributed by atoms with van der Waals surface area (Å²) in [7, 11) is 0. The van der Waals surface area contributed by atoms with Crippen LogP contribution in [0.3, 0.4) is 0 Å². The van der Waals surface area contributed by atoms with Gasteiger partial charge in [-0.3, -0.25) is 4.99 Å². The summed E-state index contributed by atoms with van der Waals surface area (Å²) < 4.78 is 5.29. The quantitative estimate of drug-likeness (QED) is 0.394. The first-order valence-electron chi connectivity index (χ1n) is 7.87. The molecule has 3 N–H and O–H groups in total. The number of benzene rings is 1. The fourth-order valence-electron chi connectivity index (χ4n) is 2.13. The summed E-state index contributed by atoms with van der Waals surface area (Å²) in [5.74, 6) is 1.80. The number of fused-ring (bicyclic) bond motifs is 1. The Morgan fingerprint density at radius 3 is 2.91 bits per heavy atom. The standard InChI is InChI=1S/C16H25N5O/c1-3-17-16(19-11-12-22-4-2)18-10-9-15-20-13-7-5-6-8-14(13)21-15/h5-8H,3-4,9-12H2,1-2H3,(H,20,21)(H2,17,18,19). The van der Waals surface area contributed by atoms with Crippen LogP contribution in [0.1, 0.15) is 19.7 Å². The number of aliphatic imine (C=N–C) groups is 1. The fourth-order valence-corrected chi connectivity index (χ4v) is 2.13. The average molecular weight is 303 g/mol. The molecule has 6 nitrogen and oxygen atoms in total. The van der Waals surface area contributed by atoms with Crippen molar-refractivity contribution in [2.24, 2.45) is 4.99 Å². The van der Waals surface area contributed by atoms with E-state index in [0.29, 0.717) is 13.2 Å². The Labute approximate surface area is 131 Å². The van der Waals surface area contributed by atoms with Crippen molar-refractivity contribution >= 4 is 17.0 Å². The Bertz CT molecular complexity index is 560. The smallest absolute Gasteiger partial charge is 0.191 e. The summed E-state index contributed by atoms with van der Waals surface area (Å²) in [6, 6.07) is 8.07. The Hall–Kier alpha value is -2.08. The average Bonchev–Trinajstić information content (AvgIpc) is 2.94. The van der Waals surface area contributed by atoms with E-state index in [1.807, 2.05) is 31.2 Å². The minimum Gasteiger partial charge on any atom is -0.380 e. The highest BCUT2D eigenvalue weighted by Gasteiger charge is 2.02. The van der Waals surface area contributed by atoms with Crippen LogP contribution in [0.5, 0.6) is 0 Å². The molecule has 0 spiro atoms. The lowest BCUT2D eigenvalue weighted by atomic mass is 10.3. The second-order valence-corrected chi connectivity index (χ2v) is 4.84. The molecule has 0 atom stereocenters. The predicted octanol–water partition coefficient (Wildman–Crippen LogP) is 1.70. The van der Waals surface area contributed by atoms with Crippen LogP contribution in [0.15, 0.2) is 29.3 Å². The first-order valence-corrected chi connectivity index (χ1v) is 7.87. The van der Waals surface area contributed by atoms with Crippen LogP contribution in [0.25, 0.3) is 11.0 Å². The highest BCUT2D eigenvalue weighted by molar-refractivity contribution is 5.79. The third-order valence-corrected chi connectivity index (χ3v) is 3.15. The SMILES string of the molecule is CCNC(=NCCOCC)NCCc1nc2ccccc2[nH]1. The number of aromatic amines is 1. The van der Waals surface area contributed by atoms with Crippen LogP contribution in [0.2, 0.25) is 0 Å². The fraction of sp³-hybridized carbons (Fsp3) is 0.500. The molecule has 0 aliphatic heterocycles. The van der Waals surface area contributed by atoms with Gasteiger partial charge in [-0.15, -0.1) is 0 Å². The molecule has 0 bridgehead atoms. The maximum atomic E-state index is 5.29. The van der Waals surface area contributed by atoms with Gasteiger partial charge in [-0.25, -0.2) is 4.98 Å². The van der Waals surface area contributed by atoms with Crippen molar-refractivity contribution in [3.8, 4) is 0 Å². The second-order valence-electron chi connectivity index (χ2n) is 4.84. The number of hydrogen-bond donors (Lipinski definition) is 3. The number of hydrogen-bond acceptors (Lipinski definition) is 3. The van der Waals surface area contributed by atoms with Crippen molar-refractivity contribution in [1.29, 1.82) is 0 Å². The Morgan fingerprint density at radius 1 is 1.27 bits per heavy atom. The van der Waals surface area contributed by atoms with Crippen molar-refractivity contribution in [2.75, 3.05) is 32.8 Å².